The van der Waals surface area contributed by atoms with Crippen LogP contribution in [-0.2, 0) is 11.2 Å². The highest BCUT2D eigenvalue weighted by Gasteiger charge is 2.00. The molecule has 0 unspecified atom stereocenters. The number of hydrogen-bond donors (Lipinski definition) is 2. The maximum Gasteiger partial charge on any atom is 0.157 e. The first kappa shape index (κ1) is 11.6. The molecule has 0 atom stereocenters. The molecule has 0 radical (unpaired) electrons. The van der Waals surface area contributed by atoms with Crippen LogP contribution < -0.4 is 0 Å². The highest BCUT2D eigenvalue weighted by Crippen LogP contribution is 2.25. The molecule has 82 valence electrons. The molecule has 15 heavy (non-hydrogen) atoms. The van der Waals surface area contributed by atoms with Crippen LogP contribution in [0.4, 0.5) is 0 Å². The predicted molar refractivity (Wildman–Crippen MR) is 58.0 cm³/mol. The quantitative estimate of drug-likeness (QED) is 0.429. The lowest BCUT2D eigenvalue weighted by atomic mass is 10.1. The number of phenols is 2. The van der Waals surface area contributed by atoms with Crippen molar-refractivity contribution in [3.05, 3.63) is 23.8 Å². The largest absolute Gasteiger partial charge is 0.504 e. The van der Waals surface area contributed by atoms with Gasteiger partial charge in [-0.1, -0.05) is 12.5 Å². The first-order valence-corrected chi connectivity index (χ1v) is 5.18. The lowest BCUT2D eigenvalue weighted by Gasteiger charge is -2.03. The SMILES string of the molecule is O=CCCCCCc1ccc(O)c(O)c1. The van der Waals surface area contributed by atoms with Crippen molar-refractivity contribution in [2.24, 2.45) is 0 Å². The minimum Gasteiger partial charge on any atom is -0.504 e. The van der Waals surface area contributed by atoms with Gasteiger partial charge in [-0.25, -0.2) is 0 Å². The van der Waals surface area contributed by atoms with E-state index < -0.39 is 0 Å². The molecular weight excluding hydrogens is 192 g/mol. The fraction of sp³-hybridized carbons (Fsp3) is 0.417. The Hall–Kier alpha value is -1.51. The zero-order chi connectivity index (χ0) is 11.1. The minimum absolute atomic E-state index is 0.0691. The van der Waals surface area contributed by atoms with E-state index in [2.05, 4.69) is 0 Å². The zero-order valence-corrected chi connectivity index (χ0v) is 8.65. The topological polar surface area (TPSA) is 57.5 Å². The maximum atomic E-state index is 10.1. The highest BCUT2D eigenvalue weighted by molar-refractivity contribution is 5.48. The molecule has 1 aromatic carbocycles. The summed E-state index contributed by atoms with van der Waals surface area (Å²) in [7, 11) is 0. The third kappa shape index (κ3) is 4.02. The van der Waals surface area contributed by atoms with Gasteiger partial charge in [0.1, 0.15) is 6.29 Å². The van der Waals surface area contributed by atoms with Gasteiger partial charge < -0.3 is 15.0 Å². The normalized spacial score (nSPS) is 10.1. The van der Waals surface area contributed by atoms with Crippen molar-refractivity contribution in [2.75, 3.05) is 0 Å². The van der Waals surface area contributed by atoms with E-state index in [9.17, 15) is 9.90 Å². The fourth-order valence-electron chi connectivity index (χ4n) is 1.46. The van der Waals surface area contributed by atoms with Crippen LogP contribution in [0.15, 0.2) is 18.2 Å². The number of aryl methyl sites for hydroxylation is 1. The third-order valence-electron chi connectivity index (χ3n) is 2.33. The van der Waals surface area contributed by atoms with Crippen molar-refractivity contribution < 1.29 is 15.0 Å². The molecule has 0 aliphatic rings. The first-order chi connectivity index (χ1) is 7.24. The number of carbonyl (C=O) groups is 1. The Balaban J connectivity index is 2.31. The van der Waals surface area contributed by atoms with Crippen molar-refractivity contribution in [3.8, 4) is 11.5 Å². The third-order valence-corrected chi connectivity index (χ3v) is 2.33. The lowest BCUT2D eigenvalue weighted by Crippen LogP contribution is -1.86. The van der Waals surface area contributed by atoms with E-state index in [0.717, 1.165) is 37.5 Å². The van der Waals surface area contributed by atoms with Gasteiger partial charge in [-0.2, -0.15) is 0 Å². The maximum absolute atomic E-state index is 10.1. The van der Waals surface area contributed by atoms with Crippen LogP contribution in [0, 0.1) is 0 Å². The second-order valence-corrected chi connectivity index (χ2v) is 3.59. The summed E-state index contributed by atoms with van der Waals surface area (Å²) in [5.41, 5.74) is 1.01. The van der Waals surface area contributed by atoms with Crippen LogP contribution in [0.2, 0.25) is 0 Å². The number of hydrogen-bond acceptors (Lipinski definition) is 3. The summed E-state index contributed by atoms with van der Waals surface area (Å²) in [5.74, 6) is -0.153. The Kier molecular flexibility index (Phi) is 4.68. The summed E-state index contributed by atoms with van der Waals surface area (Å²) in [6.45, 7) is 0. The number of unbranched alkanes of at least 4 members (excludes halogenated alkanes) is 3. The summed E-state index contributed by atoms with van der Waals surface area (Å²) in [5, 5.41) is 18.3. The highest BCUT2D eigenvalue weighted by atomic mass is 16.3. The van der Waals surface area contributed by atoms with Gasteiger partial charge in [0.2, 0.25) is 0 Å². The number of benzene rings is 1. The van der Waals surface area contributed by atoms with E-state index in [-0.39, 0.29) is 11.5 Å². The molecule has 3 nitrogen and oxygen atoms in total. The van der Waals surface area contributed by atoms with Gasteiger partial charge in [0.25, 0.3) is 0 Å². The van der Waals surface area contributed by atoms with Crippen LogP contribution in [0.1, 0.15) is 31.2 Å². The average Bonchev–Trinajstić information content (AvgIpc) is 2.23. The molecule has 0 amide bonds. The minimum atomic E-state index is -0.0836. The molecule has 2 N–H and O–H groups in total. The van der Waals surface area contributed by atoms with E-state index in [1.54, 1.807) is 12.1 Å². The Labute approximate surface area is 89.4 Å². The predicted octanol–water partition coefficient (Wildman–Crippen LogP) is 2.40. The standard InChI is InChI=1S/C12H16O3/c13-8-4-2-1-3-5-10-6-7-11(14)12(15)9-10/h6-9,14-15H,1-5H2. The van der Waals surface area contributed by atoms with E-state index in [1.165, 1.54) is 6.07 Å². The summed E-state index contributed by atoms with van der Waals surface area (Å²) in [6, 6.07) is 4.87. The van der Waals surface area contributed by atoms with Crippen LogP contribution in [0.25, 0.3) is 0 Å². The van der Waals surface area contributed by atoms with Crippen molar-refractivity contribution in [1.82, 2.24) is 0 Å². The number of rotatable bonds is 6. The summed E-state index contributed by atoms with van der Waals surface area (Å²) < 4.78 is 0. The van der Waals surface area contributed by atoms with Gasteiger partial charge >= 0.3 is 0 Å². The van der Waals surface area contributed by atoms with Gasteiger partial charge in [-0.15, -0.1) is 0 Å². The Bertz CT molecular complexity index is 321. The van der Waals surface area contributed by atoms with Crippen molar-refractivity contribution in [1.29, 1.82) is 0 Å². The van der Waals surface area contributed by atoms with Crippen molar-refractivity contribution in [3.63, 3.8) is 0 Å². The van der Waals surface area contributed by atoms with Crippen LogP contribution in [0.3, 0.4) is 0 Å². The second kappa shape index (κ2) is 6.06. The van der Waals surface area contributed by atoms with E-state index >= 15 is 0 Å². The molecule has 1 aromatic rings. The molecule has 0 aliphatic heterocycles. The Morgan fingerprint density at radius 1 is 1.07 bits per heavy atom. The van der Waals surface area contributed by atoms with Crippen molar-refractivity contribution >= 4 is 6.29 Å². The number of aldehydes is 1. The van der Waals surface area contributed by atoms with Gasteiger partial charge in [0.05, 0.1) is 0 Å². The molecule has 0 fully saturated rings. The first-order valence-electron chi connectivity index (χ1n) is 5.18. The molecule has 0 aromatic heterocycles. The average molecular weight is 208 g/mol. The summed E-state index contributed by atoms with van der Waals surface area (Å²) >= 11 is 0. The van der Waals surface area contributed by atoms with Crippen molar-refractivity contribution in [2.45, 2.75) is 32.1 Å². The van der Waals surface area contributed by atoms with E-state index in [0.29, 0.717) is 6.42 Å². The molecule has 0 spiro atoms. The van der Waals surface area contributed by atoms with Gasteiger partial charge in [-0.05, 0) is 37.0 Å². The molecule has 0 bridgehead atoms. The van der Waals surface area contributed by atoms with Crippen LogP contribution >= 0.6 is 0 Å². The van der Waals surface area contributed by atoms with Gasteiger partial charge in [0.15, 0.2) is 11.5 Å². The smallest absolute Gasteiger partial charge is 0.157 e. The Morgan fingerprint density at radius 2 is 1.87 bits per heavy atom. The number of carbonyl (C=O) groups excluding carboxylic acids is 1. The Morgan fingerprint density at radius 3 is 2.53 bits per heavy atom. The van der Waals surface area contributed by atoms with E-state index in [1.807, 2.05) is 0 Å². The molecule has 0 aliphatic carbocycles. The van der Waals surface area contributed by atoms with Gasteiger partial charge in [0, 0.05) is 6.42 Å². The molecular formula is C12H16O3. The molecule has 1 rings (SSSR count). The summed E-state index contributed by atoms with van der Waals surface area (Å²) in [4.78, 5) is 10.1. The molecule has 0 saturated carbocycles. The molecule has 0 saturated heterocycles. The number of phenolic OH excluding ortho intramolecular Hbond substituents is 2. The monoisotopic (exact) mass is 208 g/mol. The van der Waals surface area contributed by atoms with Crippen LogP contribution in [0.5, 0.6) is 11.5 Å². The second-order valence-electron chi connectivity index (χ2n) is 3.59. The summed E-state index contributed by atoms with van der Waals surface area (Å²) in [6.07, 6.45) is 5.37. The fourth-order valence-corrected chi connectivity index (χ4v) is 1.46. The van der Waals surface area contributed by atoms with Gasteiger partial charge in [-0.3, -0.25) is 0 Å². The molecule has 3 heteroatoms. The van der Waals surface area contributed by atoms with Crippen LogP contribution in [-0.4, -0.2) is 16.5 Å². The van der Waals surface area contributed by atoms with E-state index in [4.69, 9.17) is 5.11 Å². The lowest BCUT2D eigenvalue weighted by molar-refractivity contribution is -0.107. The molecule has 0 heterocycles. The number of aromatic hydroxyl groups is 2. The zero-order valence-electron chi connectivity index (χ0n) is 8.65.